The van der Waals surface area contributed by atoms with Gasteiger partial charge in [0.15, 0.2) is 0 Å². The highest BCUT2D eigenvalue weighted by Crippen LogP contribution is 2.34. The molecule has 1 fully saturated rings. The summed E-state index contributed by atoms with van der Waals surface area (Å²) in [6.07, 6.45) is -4.23. The van der Waals surface area contributed by atoms with E-state index in [1.807, 2.05) is 6.92 Å². The predicted octanol–water partition coefficient (Wildman–Crippen LogP) is 3.52. The minimum absolute atomic E-state index is 0.0291. The Labute approximate surface area is 137 Å². The van der Waals surface area contributed by atoms with E-state index in [1.165, 1.54) is 29.2 Å². The fraction of sp³-hybridized carbons (Fsp3) is 0.438. The SMILES string of the molecule is CC1CCN(C(=O)/C=C(/c2ccc(Cl)cc2)C(F)(F)F)CC1O. The maximum atomic E-state index is 13.3. The number of alkyl halides is 3. The van der Waals surface area contributed by atoms with Gasteiger partial charge in [-0.25, -0.2) is 0 Å². The molecule has 1 amide bonds. The van der Waals surface area contributed by atoms with Gasteiger partial charge in [0.25, 0.3) is 0 Å². The van der Waals surface area contributed by atoms with Crippen molar-refractivity contribution in [2.24, 2.45) is 5.92 Å². The summed E-state index contributed by atoms with van der Waals surface area (Å²) in [6, 6.07) is 5.13. The molecular weight excluding hydrogens is 331 g/mol. The van der Waals surface area contributed by atoms with Crippen molar-refractivity contribution in [2.45, 2.75) is 25.6 Å². The zero-order valence-corrected chi connectivity index (χ0v) is 13.2. The molecule has 1 aromatic carbocycles. The second-order valence-electron chi connectivity index (χ2n) is 5.68. The monoisotopic (exact) mass is 347 g/mol. The molecule has 2 atom stereocenters. The van der Waals surface area contributed by atoms with Crippen LogP contribution in [0, 0.1) is 5.92 Å². The molecule has 1 aliphatic heterocycles. The number of amides is 1. The summed E-state index contributed by atoms with van der Waals surface area (Å²) in [6.45, 7) is 2.22. The second kappa shape index (κ2) is 6.93. The first kappa shape index (κ1) is 17.8. The molecule has 3 nitrogen and oxygen atoms in total. The zero-order valence-electron chi connectivity index (χ0n) is 12.5. The van der Waals surface area contributed by atoms with Gasteiger partial charge in [-0.15, -0.1) is 0 Å². The van der Waals surface area contributed by atoms with Gasteiger partial charge in [0.1, 0.15) is 0 Å². The Balaban J connectivity index is 2.27. The standard InChI is InChI=1S/C16H17ClF3NO2/c1-10-6-7-21(9-14(10)22)15(23)8-13(16(18,19)20)11-2-4-12(17)5-3-11/h2-5,8,10,14,22H,6-7,9H2,1H3/b13-8-. The van der Waals surface area contributed by atoms with Gasteiger partial charge in [-0.3, -0.25) is 4.79 Å². The molecule has 2 rings (SSSR count). The highest BCUT2D eigenvalue weighted by molar-refractivity contribution is 6.30. The number of aliphatic hydroxyl groups is 1. The molecule has 23 heavy (non-hydrogen) atoms. The van der Waals surface area contributed by atoms with E-state index in [0.29, 0.717) is 24.1 Å². The third kappa shape index (κ3) is 4.48. The Hall–Kier alpha value is -1.53. The van der Waals surface area contributed by atoms with Crippen LogP contribution in [0.25, 0.3) is 5.57 Å². The topological polar surface area (TPSA) is 40.5 Å². The number of aliphatic hydroxyl groups excluding tert-OH is 1. The summed E-state index contributed by atoms with van der Waals surface area (Å²) in [5.41, 5.74) is -1.14. The van der Waals surface area contributed by atoms with Gasteiger partial charge >= 0.3 is 6.18 Å². The molecule has 7 heteroatoms. The van der Waals surface area contributed by atoms with Crippen LogP contribution in [-0.4, -0.2) is 41.3 Å². The van der Waals surface area contributed by atoms with Gasteiger partial charge < -0.3 is 10.0 Å². The molecule has 1 saturated heterocycles. The van der Waals surface area contributed by atoms with Gasteiger partial charge in [0.2, 0.25) is 5.91 Å². The Morgan fingerprint density at radius 3 is 2.48 bits per heavy atom. The number of nitrogens with zero attached hydrogens (tertiary/aromatic N) is 1. The van der Waals surface area contributed by atoms with E-state index in [-0.39, 0.29) is 18.0 Å². The smallest absolute Gasteiger partial charge is 0.391 e. The largest absolute Gasteiger partial charge is 0.417 e. The van der Waals surface area contributed by atoms with E-state index in [1.54, 1.807) is 0 Å². The van der Waals surface area contributed by atoms with Crippen molar-refractivity contribution in [1.82, 2.24) is 4.90 Å². The molecular formula is C16H17ClF3NO2. The lowest BCUT2D eigenvalue weighted by Crippen LogP contribution is -2.45. The van der Waals surface area contributed by atoms with Crippen LogP contribution in [0.2, 0.25) is 5.02 Å². The maximum Gasteiger partial charge on any atom is 0.417 e. The van der Waals surface area contributed by atoms with Crippen LogP contribution in [0.5, 0.6) is 0 Å². The van der Waals surface area contributed by atoms with Crippen molar-refractivity contribution in [3.8, 4) is 0 Å². The van der Waals surface area contributed by atoms with E-state index in [2.05, 4.69) is 0 Å². The molecule has 1 N–H and O–H groups in total. The van der Waals surface area contributed by atoms with E-state index in [9.17, 15) is 23.1 Å². The molecule has 0 spiro atoms. The molecule has 1 aliphatic rings. The maximum absolute atomic E-state index is 13.3. The molecule has 1 aromatic rings. The lowest BCUT2D eigenvalue weighted by atomic mass is 9.96. The van der Waals surface area contributed by atoms with Crippen LogP contribution < -0.4 is 0 Å². The third-order valence-corrected chi connectivity index (χ3v) is 4.21. The molecule has 0 saturated carbocycles. The van der Waals surface area contributed by atoms with Crippen molar-refractivity contribution >= 4 is 23.1 Å². The minimum Gasteiger partial charge on any atom is -0.391 e. The van der Waals surface area contributed by atoms with Crippen LogP contribution in [0.1, 0.15) is 18.9 Å². The molecule has 0 aliphatic carbocycles. The first-order valence-corrected chi connectivity index (χ1v) is 7.58. The van der Waals surface area contributed by atoms with E-state index in [4.69, 9.17) is 11.6 Å². The molecule has 2 unspecified atom stereocenters. The molecule has 1 heterocycles. The minimum atomic E-state index is -4.66. The predicted molar refractivity (Wildman–Crippen MR) is 81.9 cm³/mol. The zero-order chi connectivity index (χ0) is 17.2. The van der Waals surface area contributed by atoms with E-state index in [0.717, 1.165) is 0 Å². The number of likely N-dealkylation sites (tertiary alicyclic amines) is 1. The Morgan fingerprint density at radius 1 is 1.35 bits per heavy atom. The van der Waals surface area contributed by atoms with Gasteiger partial charge in [-0.2, -0.15) is 13.2 Å². The third-order valence-electron chi connectivity index (χ3n) is 3.96. The van der Waals surface area contributed by atoms with E-state index >= 15 is 0 Å². The lowest BCUT2D eigenvalue weighted by molar-refractivity contribution is -0.130. The number of β-amino-alcohol motifs (C(OH)–C–C–N with tert-alkyl or cyclic N) is 1. The van der Waals surface area contributed by atoms with Crippen LogP contribution in [0.4, 0.5) is 13.2 Å². The number of halogens is 4. The number of rotatable bonds is 2. The molecule has 126 valence electrons. The van der Waals surface area contributed by atoms with Crippen LogP contribution in [-0.2, 0) is 4.79 Å². The van der Waals surface area contributed by atoms with Gasteiger partial charge in [-0.05, 0) is 30.0 Å². The van der Waals surface area contributed by atoms with Crippen molar-refractivity contribution in [3.63, 3.8) is 0 Å². The van der Waals surface area contributed by atoms with Crippen molar-refractivity contribution < 1.29 is 23.1 Å². The molecule has 0 aromatic heterocycles. The summed E-state index contributed by atoms with van der Waals surface area (Å²) in [5.74, 6) is -0.723. The normalized spacial score (nSPS) is 23.0. The van der Waals surface area contributed by atoms with Crippen LogP contribution in [0.15, 0.2) is 30.3 Å². The second-order valence-corrected chi connectivity index (χ2v) is 6.12. The number of hydrogen-bond acceptors (Lipinski definition) is 2. The fourth-order valence-electron chi connectivity index (χ4n) is 2.42. The van der Waals surface area contributed by atoms with Crippen molar-refractivity contribution in [1.29, 1.82) is 0 Å². The summed E-state index contributed by atoms with van der Waals surface area (Å²) < 4.78 is 39.8. The number of piperidine rings is 1. The molecule has 0 bridgehead atoms. The summed E-state index contributed by atoms with van der Waals surface area (Å²) in [4.78, 5) is 13.4. The highest BCUT2D eigenvalue weighted by atomic mass is 35.5. The molecule has 0 radical (unpaired) electrons. The quantitative estimate of drug-likeness (QED) is 0.832. The van der Waals surface area contributed by atoms with Gasteiger partial charge in [0.05, 0.1) is 11.7 Å². The Morgan fingerprint density at radius 2 is 1.96 bits per heavy atom. The Kier molecular flexibility index (Phi) is 5.37. The van der Waals surface area contributed by atoms with Crippen LogP contribution in [0.3, 0.4) is 0 Å². The lowest BCUT2D eigenvalue weighted by Gasteiger charge is -2.33. The summed E-state index contributed by atoms with van der Waals surface area (Å²) in [5, 5.41) is 10.1. The first-order valence-electron chi connectivity index (χ1n) is 7.20. The van der Waals surface area contributed by atoms with E-state index < -0.39 is 23.8 Å². The number of carbonyl (C=O) groups excluding carboxylic acids is 1. The van der Waals surface area contributed by atoms with Crippen molar-refractivity contribution in [3.05, 3.63) is 40.9 Å². The Bertz CT molecular complexity index is 598. The van der Waals surface area contributed by atoms with Crippen LogP contribution >= 0.6 is 11.6 Å². The van der Waals surface area contributed by atoms with Gasteiger partial charge in [0, 0.05) is 24.2 Å². The summed E-state index contributed by atoms with van der Waals surface area (Å²) >= 11 is 5.68. The average molecular weight is 348 g/mol. The first-order chi connectivity index (χ1) is 10.7. The number of carbonyl (C=O) groups is 1. The van der Waals surface area contributed by atoms with Crippen molar-refractivity contribution in [2.75, 3.05) is 13.1 Å². The number of hydrogen-bond donors (Lipinski definition) is 1. The van der Waals surface area contributed by atoms with Gasteiger partial charge in [-0.1, -0.05) is 30.7 Å². The summed E-state index contributed by atoms with van der Waals surface area (Å²) in [7, 11) is 0. The average Bonchev–Trinajstić information content (AvgIpc) is 2.47. The fourth-order valence-corrected chi connectivity index (χ4v) is 2.55. The number of allylic oxidation sites excluding steroid dienone is 1. The highest BCUT2D eigenvalue weighted by Gasteiger charge is 2.36. The number of benzene rings is 1.